The van der Waals surface area contributed by atoms with E-state index in [-0.39, 0.29) is 17.2 Å². The first kappa shape index (κ1) is 14.2. The summed E-state index contributed by atoms with van der Waals surface area (Å²) in [7, 11) is 0. The first-order valence-corrected chi connectivity index (χ1v) is 6.46. The fourth-order valence-electron chi connectivity index (χ4n) is 1.59. The van der Waals surface area contributed by atoms with E-state index in [9.17, 15) is 9.59 Å². The van der Waals surface area contributed by atoms with Crippen LogP contribution < -0.4 is 5.32 Å². The van der Waals surface area contributed by atoms with E-state index in [2.05, 4.69) is 31.3 Å². The van der Waals surface area contributed by atoms with E-state index in [0.717, 1.165) is 0 Å². The Morgan fingerprint density at radius 2 is 2.20 bits per heavy atom. The lowest BCUT2D eigenvalue weighted by molar-refractivity contribution is -0.119. The average molecular weight is 339 g/mol. The molecule has 8 heteroatoms. The number of anilines is 1. The molecule has 1 unspecified atom stereocenters. The Morgan fingerprint density at radius 1 is 1.45 bits per heavy atom. The van der Waals surface area contributed by atoms with Crippen molar-refractivity contribution in [1.82, 2.24) is 14.8 Å². The van der Waals surface area contributed by atoms with Gasteiger partial charge in [0.15, 0.2) is 0 Å². The number of aromatic carboxylic acids is 1. The van der Waals surface area contributed by atoms with Gasteiger partial charge in [-0.05, 0) is 35.0 Å². The standard InChI is InChI=1S/C12H11BrN4O3/c1-7(17-6-14-5-15-17)11(18)16-10-8(12(19)20)3-2-4-9(10)13/h2-7H,1H3,(H,16,18)(H,19,20). The smallest absolute Gasteiger partial charge is 0.337 e. The Balaban J connectivity index is 2.26. The predicted molar refractivity (Wildman–Crippen MR) is 74.5 cm³/mol. The van der Waals surface area contributed by atoms with Crippen LogP contribution in [0.3, 0.4) is 0 Å². The second-order valence-electron chi connectivity index (χ2n) is 4.01. The average Bonchev–Trinajstić information content (AvgIpc) is 2.93. The molecule has 2 N–H and O–H groups in total. The Morgan fingerprint density at radius 3 is 2.80 bits per heavy atom. The molecule has 1 aromatic carbocycles. The predicted octanol–water partition coefficient (Wildman–Crippen LogP) is 1.94. The second-order valence-corrected chi connectivity index (χ2v) is 4.86. The SMILES string of the molecule is CC(C(=O)Nc1c(Br)cccc1C(=O)O)n1cncn1. The van der Waals surface area contributed by atoms with Gasteiger partial charge in [0.05, 0.1) is 11.3 Å². The molecular weight excluding hydrogens is 328 g/mol. The molecule has 20 heavy (non-hydrogen) atoms. The molecule has 0 aliphatic carbocycles. The number of halogens is 1. The molecule has 0 aliphatic heterocycles. The number of carboxylic acids is 1. The highest BCUT2D eigenvalue weighted by molar-refractivity contribution is 9.10. The Kier molecular flexibility index (Phi) is 4.14. The first-order valence-electron chi connectivity index (χ1n) is 5.67. The zero-order chi connectivity index (χ0) is 14.7. The van der Waals surface area contributed by atoms with Crippen LogP contribution in [0.5, 0.6) is 0 Å². The van der Waals surface area contributed by atoms with Crippen molar-refractivity contribution in [3.05, 3.63) is 40.9 Å². The van der Waals surface area contributed by atoms with Gasteiger partial charge in [-0.3, -0.25) is 4.79 Å². The van der Waals surface area contributed by atoms with Gasteiger partial charge >= 0.3 is 5.97 Å². The van der Waals surface area contributed by atoms with E-state index in [4.69, 9.17) is 5.11 Å². The normalized spacial score (nSPS) is 11.9. The summed E-state index contributed by atoms with van der Waals surface area (Å²) >= 11 is 3.23. The van der Waals surface area contributed by atoms with Gasteiger partial charge in [0.1, 0.15) is 18.7 Å². The van der Waals surface area contributed by atoms with E-state index < -0.39 is 12.0 Å². The Hall–Kier alpha value is -2.22. The fraction of sp³-hybridized carbons (Fsp3) is 0.167. The lowest BCUT2D eigenvalue weighted by atomic mass is 10.1. The van der Waals surface area contributed by atoms with E-state index in [1.54, 1.807) is 19.1 Å². The van der Waals surface area contributed by atoms with Crippen LogP contribution in [0.15, 0.2) is 35.3 Å². The summed E-state index contributed by atoms with van der Waals surface area (Å²) in [5.41, 5.74) is 0.232. The molecule has 104 valence electrons. The third kappa shape index (κ3) is 2.85. The molecule has 0 spiro atoms. The third-order valence-electron chi connectivity index (χ3n) is 2.71. The monoisotopic (exact) mass is 338 g/mol. The zero-order valence-electron chi connectivity index (χ0n) is 10.4. The molecule has 0 fully saturated rings. The van der Waals surface area contributed by atoms with Crippen LogP contribution in [0.25, 0.3) is 0 Å². The van der Waals surface area contributed by atoms with Gasteiger partial charge in [-0.25, -0.2) is 14.5 Å². The summed E-state index contributed by atoms with van der Waals surface area (Å²) < 4.78 is 1.88. The van der Waals surface area contributed by atoms with Gasteiger partial charge in [0.25, 0.3) is 0 Å². The van der Waals surface area contributed by atoms with Gasteiger partial charge in [-0.15, -0.1) is 0 Å². The minimum absolute atomic E-state index is 0.0125. The summed E-state index contributed by atoms with van der Waals surface area (Å²) in [6.07, 6.45) is 2.74. The molecule has 1 amide bonds. The minimum atomic E-state index is -1.12. The second kappa shape index (κ2) is 5.83. The summed E-state index contributed by atoms with van der Waals surface area (Å²) in [6.45, 7) is 1.64. The van der Waals surface area contributed by atoms with Gasteiger partial charge in [0.2, 0.25) is 5.91 Å². The molecule has 1 heterocycles. The number of carbonyl (C=O) groups is 2. The number of para-hydroxylation sites is 1. The number of benzene rings is 1. The molecule has 0 bridgehead atoms. The molecule has 0 aliphatic rings. The van der Waals surface area contributed by atoms with Crippen LogP contribution in [0.2, 0.25) is 0 Å². The van der Waals surface area contributed by atoms with Crippen molar-refractivity contribution in [2.75, 3.05) is 5.32 Å². The molecule has 7 nitrogen and oxygen atoms in total. The van der Waals surface area contributed by atoms with Gasteiger partial charge in [0, 0.05) is 4.47 Å². The fourth-order valence-corrected chi connectivity index (χ4v) is 2.06. The van der Waals surface area contributed by atoms with E-state index in [1.165, 1.54) is 23.4 Å². The number of nitrogens with one attached hydrogen (secondary N) is 1. The summed E-state index contributed by atoms with van der Waals surface area (Å²) in [6, 6.07) is 4.06. The van der Waals surface area contributed by atoms with Crippen LogP contribution in [0.1, 0.15) is 23.3 Å². The maximum atomic E-state index is 12.1. The molecule has 0 saturated carbocycles. The molecule has 2 rings (SSSR count). The third-order valence-corrected chi connectivity index (χ3v) is 3.37. The van der Waals surface area contributed by atoms with Crippen molar-refractivity contribution in [2.45, 2.75) is 13.0 Å². The van der Waals surface area contributed by atoms with Crippen molar-refractivity contribution in [3.8, 4) is 0 Å². The van der Waals surface area contributed by atoms with Crippen molar-refractivity contribution in [3.63, 3.8) is 0 Å². The number of aromatic nitrogens is 3. The van der Waals surface area contributed by atoms with Crippen LogP contribution in [-0.2, 0) is 4.79 Å². The number of rotatable bonds is 4. The highest BCUT2D eigenvalue weighted by Crippen LogP contribution is 2.27. The van der Waals surface area contributed by atoms with Crippen molar-refractivity contribution >= 4 is 33.5 Å². The minimum Gasteiger partial charge on any atom is -0.478 e. The Bertz CT molecular complexity index is 642. The number of amides is 1. The zero-order valence-corrected chi connectivity index (χ0v) is 12.0. The number of carbonyl (C=O) groups excluding carboxylic acids is 1. The summed E-state index contributed by atoms with van der Waals surface area (Å²) in [4.78, 5) is 27.0. The lowest BCUT2D eigenvalue weighted by Gasteiger charge is -2.14. The highest BCUT2D eigenvalue weighted by Gasteiger charge is 2.20. The number of hydrogen-bond acceptors (Lipinski definition) is 4. The molecule has 1 atom stereocenters. The molecule has 1 aromatic heterocycles. The van der Waals surface area contributed by atoms with Gasteiger partial charge in [-0.2, -0.15) is 5.10 Å². The van der Waals surface area contributed by atoms with Crippen molar-refractivity contribution in [1.29, 1.82) is 0 Å². The van der Waals surface area contributed by atoms with Crippen LogP contribution >= 0.6 is 15.9 Å². The topological polar surface area (TPSA) is 97.1 Å². The molecular formula is C12H11BrN4O3. The molecule has 0 radical (unpaired) electrons. The van der Waals surface area contributed by atoms with Crippen molar-refractivity contribution < 1.29 is 14.7 Å². The number of carboxylic acid groups (broad SMARTS) is 1. The van der Waals surface area contributed by atoms with Crippen molar-refractivity contribution in [2.24, 2.45) is 0 Å². The van der Waals surface area contributed by atoms with E-state index in [1.807, 2.05) is 0 Å². The lowest BCUT2D eigenvalue weighted by Crippen LogP contribution is -2.25. The summed E-state index contributed by atoms with van der Waals surface area (Å²) in [5.74, 6) is -1.50. The van der Waals surface area contributed by atoms with Crippen LogP contribution in [-0.4, -0.2) is 31.7 Å². The summed E-state index contributed by atoms with van der Waals surface area (Å²) in [5, 5.41) is 15.6. The van der Waals surface area contributed by atoms with Gasteiger partial charge in [-0.1, -0.05) is 6.07 Å². The van der Waals surface area contributed by atoms with Crippen LogP contribution in [0, 0.1) is 0 Å². The maximum Gasteiger partial charge on any atom is 0.337 e. The first-order chi connectivity index (χ1) is 9.50. The molecule has 0 saturated heterocycles. The van der Waals surface area contributed by atoms with E-state index >= 15 is 0 Å². The van der Waals surface area contributed by atoms with Gasteiger partial charge < -0.3 is 10.4 Å². The Labute approximate surface area is 122 Å². The maximum absolute atomic E-state index is 12.1. The number of hydrogen-bond donors (Lipinski definition) is 2. The number of nitrogens with zero attached hydrogens (tertiary/aromatic N) is 3. The quantitative estimate of drug-likeness (QED) is 0.887. The van der Waals surface area contributed by atoms with Crippen LogP contribution in [0.4, 0.5) is 5.69 Å². The largest absolute Gasteiger partial charge is 0.478 e. The molecule has 2 aromatic rings. The highest BCUT2D eigenvalue weighted by atomic mass is 79.9. The van der Waals surface area contributed by atoms with E-state index in [0.29, 0.717) is 4.47 Å².